The molecule has 90 valence electrons. The van der Waals surface area contributed by atoms with Gasteiger partial charge in [-0.1, -0.05) is 67.6 Å². The molecule has 2 rings (SSSR count). The van der Waals surface area contributed by atoms with Gasteiger partial charge in [-0.3, -0.25) is 0 Å². The first kappa shape index (κ1) is 12.6. The lowest BCUT2D eigenvalue weighted by Gasteiger charge is -2.29. The standard InChI is InChI=1S/C16H16OSi/c1-3-14(2)18(17,15-10-6-4-7-11-15)16-12-8-5-9-13-16/h1,4-14,17H,2H3. The fourth-order valence-electron chi connectivity index (χ4n) is 2.17. The zero-order valence-corrected chi connectivity index (χ0v) is 11.4. The van der Waals surface area contributed by atoms with Gasteiger partial charge in [-0.15, -0.1) is 12.3 Å². The van der Waals surface area contributed by atoms with E-state index in [0.29, 0.717) is 0 Å². The summed E-state index contributed by atoms with van der Waals surface area (Å²) in [4.78, 5) is 11.2. The normalized spacial score (nSPS) is 12.7. The maximum Gasteiger partial charge on any atom is 0.267 e. The minimum absolute atomic E-state index is 0.165. The molecule has 18 heavy (non-hydrogen) atoms. The van der Waals surface area contributed by atoms with Crippen molar-refractivity contribution < 1.29 is 4.80 Å². The molecule has 1 nitrogen and oxygen atoms in total. The average Bonchev–Trinajstić information content (AvgIpc) is 2.47. The van der Waals surface area contributed by atoms with Crippen LogP contribution >= 0.6 is 0 Å². The van der Waals surface area contributed by atoms with Crippen LogP contribution in [0.1, 0.15) is 6.92 Å². The minimum Gasteiger partial charge on any atom is -0.423 e. The van der Waals surface area contributed by atoms with E-state index >= 15 is 0 Å². The lowest BCUT2D eigenvalue weighted by molar-refractivity contribution is 0.558. The number of hydrogen-bond acceptors (Lipinski definition) is 1. The average molecular weight is 252 g/mol. The third kappa shape index (κ3) is 2.11. The highest BCUT2D eigenvalue weighted by molar-refractivity contribution is 6.98. The zero-order valence-electron chi connectivity index (χ0n) is 10.4. The Hall–Kier alpha value is -1.82. The van der Waals surface area contributed by atoms with Crippen LogP contribution in [0.15, 0.2) is 60.7 Å². The van der Waals surface area contributed by atoms with E-state index in [1.165, 1.54) is 0 Å². The van der Waals surface area contributed by atoms with Gasteiger partial charge in [-0.05, 0) is 10.4 Å². The molecule has 0 aliphatic carbocycles. The van der Waals surface area contributed by atoms with E-state index in [4.69, 9.17) is 6.42 Å². The van der Waals surface area contributed by atoms with E-state index < -0.39 is 8.32 Å². The van der Waals surface area contributed by atoms with Gasteiger partial charge in [0.15, 0.2) is 0 Å². The van der Waals surface area contributed by atoms with Crippen molar-refractivity contribution in [2.24, 2.45) is 0 Å². The molecular formula is C16H16OSi. The molecule has 0 bridgehead atoms. The first-order chi connectivity index (χ1) is 8.69. The second-order valence-electron chi connectivity index (χ2n) is 4.39. The molecule has 1 unspecified atom stereocenters. The highest BCUT2D eigenvalue weighted by atomic mass is 28.4. The Morgan fingerprint density at radius 2 is 1.33 bits per heavy atom. The van der Waals surface area contributed by atoms with E-state index in [2.05, 4.69) is 5.92 Å². The second-order valence-corrected chi connectivity index (χ2v) is 7.94. The highest BCUT2D eigenvalue weighted by Crippen LogP contribution is 2.17. The maximum atomic E-state index is 11.2. The molecule has 0 saturated heterocycles. The molecule has 2 heteroatoms. The van der Waals surface area contributed by atoms with Crippen LogP contribution in [0.2, 0.25) is 5.54 Å². The Morgan fingerprint density at radius 3 is 1.67 bits per heavy atom. The Bertz CT molecular complexity index is 503. The van der Waals surface area contributed by atoms with Crippen LogP contribution < -0.4 is 10.4 Å². The van der Waals surface area contributed by atoms with Crippen LogP contribution in [-0.2, 0) is 0 Å². The largest absolute Gasteiger partial charge is 0.423 e. The summed E-state index contributed by atoms with van der Waals surface area (Å²) in [6.45, 7) is 1.92. The predicted molar refractivity (Wildman–Crippen MR) is 78.4 cm³/mol. The molecule has 0 heterocycles. The van der Waals surface area contributed by atoms with Gasteiger partial charge in [0, 0.05) is 5.54 Å². The van der Waals surface area contributed by atoms with E-state index in [1.54, 1.807) is 0 Å². The second kappa shape index (κ2) is 5.22. The summed E-state index contributed by atoms with van der Waals surface area (Å²) in [7, 11) is -2.84. The first-order valence-electron chi connectivity index (χ1n) is 5.99. The van der Waals surface area contributed by atoms with Gasteiger partial charge in [-0.2, -0.15) is 0 Å². The summed E-state index contributed by atoms with van der Waals surface area (Å²) in [5.41, 5.74) is -0.165. The highest BCUT2D eigenvalue weighted by Gasteiger charge is 2.40. The molecule has 0 radical (unpaired) electrons. The maximum absolute atomic E-state index is 11.2. The summed E-state index contributed by atoms with van der Waals surface area (Å²) in [6, 6.07) is 19.5. The summed E-state index contributed by atoms with van der Waals surface area (Å²) in [5, 5.41) is 1.92. The summed E-state index contributed by atoms with van der Waals surface area (Å²) in [6.07, 6.45) is 5.56. The molecule has 0 saturated carbocycles. The summed E-state index contributed by atoms with van der Waals surface area (Å²) >= 11 is 0. The Kier molecular flexibility index (Phi) is 3.66. The van der Waals surface area contributed by atoms with E-state index in [9.17, 15) is 4.80 Å². The third-order valence-corrected chi connectivity index (χ3v) is 7.15. The van der Waals surface area contributed by atoms with Crippen molar-refractivity contribution in [3.05, 3.63) is 60.7 Å². The topological polar surface area (TPSA) is 20.2 Å². The molecule has 0 aliphatic heterocycles. The fourth-order valence-corrected chi connectivity index (χ4v) is 5.15. The Balaban J connectivity index is 2.60. The van der Waals surface area contributed by atoms with Gasteiger partial charge in [0.05, 0.1) is 0 Å². The van der Waals surface area contributed by atoms with E-state index in [1.807, 2.05) is 67.6 Å². The van der Waals surface area contributed by atoms with Crippen LogP contribution in [0.3, 0.4) is 0 Å². The fraction of sp³-hybridized carbons (Fsp3) is 0.125. The Labute approximate surface area is 109 Å². The van der Waals surface area contributed by atoms with Crippen molar-refractivity contribution in [2.45, 2.75) is 12.5 Å². The molecule has 0 fully saturated rings. The zero-order chi connectivity index (χ0) is 13.0. The molecule has 1 atom stereocenters. The van der Waals surface area contributed by atoms with Crippen molar-refractivity contribution >= 4 is 18.7 Å². The number of hydrogen-bond donors (Lipinski definition) is 1. The van der Waals surface area contributed by atoms with Crippen LogP contribution in [0.5, 0.6) is 0 Å². The molecule has 2 aromatic rings. The molecular weight excluding hydrogens is 236 g/mol. The van der Waals surface area contributed by atoms with Crippen molar-refractivity contribution in [3.63, 3.8) is 0 Å². The van der Waals surface area contributed by atoms with Crippen molar-refractivity contribution in [3.8, 4) is 12.3 Å². The lowest BCUT2D eigenvalue weighted by Crippen LogP contribution is -2.61. The van der Waals surface area contributed by atoms with Crippen molar-refractivity contribution in [2.75, 3.05) is 0 Å². The first-order valence-corrected chi connectivity index (χ1v) is 8.01. The molecule has 1 N–H and O–H groups in total. The summed E-state index contributed by atoms with van der Waals surface area (Å²) in [5.74, 6) is 2.71. The number of terminal acetylenes is 1. The third-order valence-electron chi connectivity index (χ3n) is 3.30. The van der Waals surface area contributed by atoms with Crippen LogP contribution in [0.4, 0.5) is 0 Å². The molecule has 2 aromatic carbocycles. The summed E-state index contributed by atoms with van der Waals surface area (Å²) < 4.78 is 0. The molecule has 0 spiro atoms. The minimum atomic E-state index is -2.84. The van der Waals surface area contributed by atoms with Gasteiger partial charge in [0.25, 0.3) is 8.32 Å². The van der Waals surface area contributed by atoms with Gasteiger partial charge < -0.3 is 4.80 Å². The smallest absolute Gasteiger partial charge is 0.267 e. The number of rotatable bonds is 3. The molecule has 0 amide bonds. The van der Waals surface area contributed by atoms with Gasteiger partial charge in [0.2, 0.25) is 0 Å². The molecule has 0 aromatic heterocycles. The van der Waals surface area contributed by atoms with E-state index in [0.717, 1.165) is 10.4 Å². The van der Waals surface area contributed by atoms with Gasteiger partial charge in [0.1, 0.15) is 0 Å². The SMILES string of the molecule is C#CC(C)[Si](O)(c1ccccc1)c1ccccc1. The van der Waals surface area contributed by atoms with Crippen LogP contribution in [0, 0.1) is 12.3 Å². The predicted octanol–water partition coefficient (Wildman–Crippen LogP) is 1.76. The monoisotopic (exact) mass is 252 g/mol. The Morgan fingerprint density at radius 1 is 0.944 bits per heavy atom. The number of benzene rings is 2. The lowest BCUT2D eigenvalue weighted by atomic mass is 10.4. The van der Waals surface area contributed by atoms with Gasteiger partial charge in [-0.25, -0.2) is 0 Å². The van der Waals surface area contributed by atoms with Crippen molar-refractivity contribution in [1.82, 2.24) is 0 Å². The van der Waals surface area contributed by atoms with E-state index in [-0.39, 0.29) is 5.54 Å². The van der Waals surface area contributed by atoms with Crippen LogP contribution in [0.25, 0.3) is 0 Å². The quantitative estimate of drug-likeness (QED) is 0.652. The molecule has 0 aliphatic rings. The van der Waals surface area contributed by atoms with Crippen molar-refractivity contribution in [1.29, 1.82) is 0 Å². The van der Waals surface area contributed by atoms with Crippen LogP contribution in [-0.4, -0.2) is 13.1 Å². The van der Waals surface area contributed by atoms with Gasteiger partial charge >= 0.3 is 0 Å².